The maximum atomic E-state index is 13.6. The zero-order valence-electron chi connectivity index (χ0n) is 73.8. The van der Waals surface area contributed by atoms with Gasteiger partial charge in [0, 0.05) is 86.8 Å². The molecule has 0 unspecified atom stereocenters. The average molecular weight is 647 g/mol. The van der Waals surface area contributed by atoms with Crippen molar-refractivity contribution < 1.29 is 112 Å². The molecule has 0 saturated carbocycles. The normalized spacial score (nSPS) is 41.6. The first kappa shape index (κ1) is 6.67. The molecule has 0 fully saturated rings. The molecule has 0 aromatic heterocycles. The van der Waals surface area contributed by atoms with E-state index >= 15 is 0 Å². The Bertz CT molecular complexity index is 2800. The van der Waals surface area contributed by atoms with Crippen LogP contribution < -0.4 is 0 Å². The molecular weight excluding hydrogens is 531 g/mol. The summed E-state index contributed by atoms with van der Waals surface area (Å²) in [6, 6.07) is 0. The van der Waals surface area contributed by atoms with E-state index in [9.17, 15) is 23.9 Å². The highest BCUT2D eigenvalue weighted by molar-refractivity contribution is 7.46. The topological polar surface area (TPSA) is 119 Å². The van der Waals surface area contributed by atoms with Gasteiger partial charge in [-0.25, -0.2) is 4.57 Å². The number of ether oxygens (including phenoxy) is 2. The summed E-state index contributed by atoms with van der Waals surface area (Å²) in [5, 5.41) is 0. The van der Waals surface area contributed by atoms with Crippen LogP contribution in [0.2, 0.25) is 0 Å². The number of hydrogen-bond donors (Lipinski definition) is 2. The number of esters is 2. The summed E-state index contributed by atoms with van der Waals surface area (Å²) in [7, 11) is -6.01. The Labute approximate surface area is 320 Å². The third-order valence-electron chi connectivity index (χ3n) is 2.68. The standard InChI is InChI=1S/C31H61O8P/c1-3-5-7-9-11-13-15-17-19-21-23-25-30(32)37-27-29(28-38-40(34,35)36)39-31(33)26-24-22-20-18-16-14-12-10-8-6-4-2/h29H,3-28H2,1-2H3,(H2,34,35,36)/t29-/m0/s1/i1D3,2D3,3D2,4D2,5D2,6D2,7D2,8D2,9D2,10D2,11D2,12D2,13D2,14D2,15D2,16D2,17D2,18D2,19D2,20D2,21D2,22D2,23D2,24D2,25D2,26D2. The number of phosphoric acid groups is 1. The van der Waals surface area contributed by atoms with Crippen molar-refractivity contribution in [1.29, 1.82) is 0 Å². The summed E-state index contributed by atoms with van der Waals surface area (Å²) in [6.07, 6.45) is -127. The minimum atomic E-state index is -6.01. The van der Waals surface area contributed by atoms with Crippen molar-refractivity contribution in [3.63, 3.8) is 0 Å². The van der Waals surface area contributed by atoms with Crippen LogP contribution in [0.5, 0.6) is 0 Å². The van der Waals surface area contributed by atoms with Crippen molar-refractivity contribution in [3.05, 3.63) is 0 Å². The van der Waals surface area contributed by atoms with Crippen molar-refractivity contribution >= 4 is 19.8 Å². The van der Waals surface area contributed by atoms with Crippen LogP contribution in [0.4, 0.5) is 0 Å². The SMILES string of the molecule is [2H]C([2H])([2H])C([2H])([2H])C([2H])([2H])C([2H])([2H])C([2H])([2H])C([2H])([2H])C([2H])([2H])C([2H])([2H])C([2H])([2H])C([2H])([2H])C([2H])([2H])C([2H])([2H])C([2H])([2H])C(=O)OC[C@@H](COP(=O)(O)O)OC(=O)C([2H])([2H])C([2H])([2H])C([2H])([2H])C([2H])([2H])C([2H])([2H])C([2H])([2H])C([2H])([2H])C([2H])([2H])C([2H])([2H])C([2H])([2H])C([2H])([2H])C([2H])([2H])C([2H])([2H])[2H]. The summed E-state index contributed by atoms with van der Waals surface area (Å²) in [5.41, 5.74) is 0. The highest BCUT2D eigenvalue weighted by Gasteiger charge is 2.22. The van der Waals surface area contributed by atoms with Gasteiger partial charge in [-0.1, -0.05) is 141 Å². The summed E-state index contributed by atoms with van der Waals surface area (Å²) in [5.74, 6) is -6.11. The predicted molar refractivity (Wildman–Crippen MR) is 161 cm³/mol. The highest BCUT2D eigenvalue weighted by Crippen LogP contribution is 2.35. The van der Waals surface area contributed by atoms with Gasteiger partial charge in [0.05, 0.1) is 6.61 Å². The molecule has 0 aliphatic heterocycles. The Kier molecular flexibility index (Phi) is 4.70. The molecule has 2 N–H and O–H groups in total. The molecule has 0 aromatic carbocycles. The lowest BCUT2D eigenvalue weighted by Crippen LogP contribution is -2.29. The second-order valence-corrected chi connectivity index (χ2v) is 6.65. The van der Waals surface area contributed by atoms with E-state index in [0.29, 0.717) is 0 Å². The molecule has 8 nitrogen and oxygen atoms in total. The summed E-state index contributed by atoms with van der Waals surface area (Å²) >= 11 is 0. The summed E-state index contributed by atoms with van der Waals surface area (Å²) < 4.78 is 461. The lowest BCUT2D eigenvalue weighted by molar-refractivity contribution is -0.161. The fourth-order valence-electron chi connectivity index (χ4n) is 1.41. The van der Waals surface area contributed by atoms with E-state index in [0.717, 1.165) is 0 Å². The van der Waals surface area contributed by atoms with Gasteiger partial charge < -0.3 is 19.3 Å². The molecule has 0 spiro atoms. The molecule has 238 valence electrons. The predicted octanol–water partition coefficient (Wildman–Crippen LogP) is 8.95. The van der Waals surface area contributed by atoms with E-state index in [4.69, 9.17) is 74.0 Å². The van der Waals surface area contributed by atoms with Gasteiger partial charge in [0.1, 0.15) is 6.61 Å². The number of rotatable bonds is 30. The maximum Gasteiger partial charge on any atom is 0.469 e. The lowest BCUT2D eigenvalue weighted by atomic mass is 10.1. The summed E-state index contributed by atoms with van der Waals surface area (Å²) in [4.78, 5) is 45.6. The Morgan fingerprint density at radius 3 is 1.40 bits per heavy atom. The fraction of sp³-hybridized carbons (Fsp3) is 0.935. The third kappa shape index (κ3) is 30.0. The molecule has 0 aliphatic carbocycles. The van der Waals surface area contributed by atoms with Gasteiger partial charge in [0.25, 0.3) is 0 Å². The highest BCUT2D eigenvalue weighted by atomic mass is 31.2. The summed E-state index contributed by atoms with van der Waals surface area (Å²) in [6.45, 7) is -12.8. The van der Waals surface area contributed by atoms with Gasteiger partial charge in [-0.15, -0.1) is 0 Å². The molecule has 0 bridgehead atoms. The van der Waals surface area contributed by atoms with Crippen LogP contribution in [-0.4, -0.2) is 41.0 Å². The number of carbonyl (C=O) groups excluding carboxylic acids is 2. The van der Waals surface area contributed by atoms with Crippen LogP contribution >= 0.6 is 7.82 Å². The average Bonchev–Trinajstić information content (AvgIpc) is 0.688. The molecule has 0 heterocycles. The van der Waals surface area contributed by atoms with Crippen molar-refractivity contribution in [2.75, 3.05) is 13.2 Å². The first-order chi connectivity index (χ1) is 39.6. The Hall–Kier alpha value is -0.950. The molecule has 40 heavy (non-hydrogen) atoms. The molecule has 9 heteroatoms. The van der Waals surface area contributed by atoms with Gasteiger partial charge in [0.15, 0.2) is 6.10 Å². The molecule has 0 aliphatic rings. The van der Waals surface area contributed by atoms with Crippen LogP contribution in [0.25, 0.3) is 0 Å². The zero-order chi connectivity index (χ0) is 77.8. The maximum absolute atomic E-state index is 13.6. The van der Waals surface area contributed by atoms with Gasteiger partial charge in [-0.05, 0) is 12.7 Å². The molecule has 0 amide bonds. The van der Waals surface area contributed by atoms with Gasteiger partial charge in [-0.3, -0.25) is 14.1 Å². The van der Waals surface area contributed by atoms with Crippen molar-refractivity contribution in [3.8, 4) is 0 Å². The molecule has 0 saturated heterocycles. The minimum absolute atomic E-state index is 2.08. The molecule has 0 radical (unpaired) electrons. The zero-order valence-corrected chi connectivity index (χ0v) is 20.7. The number of carbonyl (C=O) groups is 2. The van der Waals surface area contributed by atoms with Gasteiger partial charge in [0.2, 0.25) is 0 Å². The van der Waals surface area contributed by atoms with E-state index in [1.165, 1.54) is 0 Å². The van der Waals surface area contributed by atoms with E-state index in [-0.39, 0.29) is 0 Å². The van der Waals surface area contributed by atoms with Crippen LogP contribution in [0.15, 0.2) is 0 Å². The van der Waals surface area contributed by atoms with Crippen LogP contribution in [-0.2, 0) is 28.2 Å². The minimum Gasteiger partial charge on any atom is -0.462 e. The van der Waals surface area contributed by atoms with Gasteiger partial charge in [-0.2, -0.15) is 0 Å². The third-order valence-corrected chi connectivity index (χ3v) is 3.17. The van der Waals surface area contributed by atoms with Crippen LogP contribution in [0.1, 0.15) is 241 Å². The lowest BCUT2D eigenvalue weighted by Gasteiger charge is -2.18. The second-order valence-electron chi connectivity index (χ2n) is 5.41. The smallest absolute Gasteiger partial charge is 0.462 e. The quantitative estimate of drug-likeness (QED) is 0.0586. The fourth-order valence-corrected chi connectivity index (χ4v) is 1.77. The number of hydrogen-bond acceptors (Lipinski definition) is 6. The number of phosphoric ester groups is 1. The Morgan fingerprint density at radius 2 is 1.00 bits per heavy atom. The Morgan fingerprint density at radius 1 is 0.625 bits per heavy atom. The van der Waals surface area contributed by atoms with Gasteiger partial charge >= 0.3 is 19.8 Å². The Balaban J connectivity index is 7.78. The van der Waals surface area contributed by atoms with Crippen molar-refractivity contribution in [1.82, 2.24) is 0 Å². The van der Waals surface area contributed by atoms with E-state index in [1.54, 1.807) is 0 Å². The van der Waals surface area contributed by atoms with E-state index in [2.05, 4.69) is 14.0 Å². The second kappa shape index (κ2) is 28.2. The van der Waals surface area contributed by atoms with Crippen LogP contribution in [0.3, 0.4) is 0 Å². The van der Waals surface area contributed by atoms with Crippen molar-refractivity contribution in [2.24, 2.45) is 0 Å². The molecule has 0 aromatic rings. The van der Waals surface area contributed by atoms with Crippen molar-refractivity contribution in [2.45, 2.75) is 173 Å². The molecule has 1 atom stereocenters. The first-order valence-electron chi connectivity index (χ1n) is 36.7. The monoisotopic (exact) mass is 647 g/mol. The first-order valence-corrected chi connectivity index (χ1v) is 11.2. The van der Waals surface area contributed by atoms with Crippen LogP contribution in [0, 0.1) is 0 Å². The molecule has 0 rings (SSSR count). The van der Waals surface area contributed by atoms with E-state index in [1.807, 2.05) is 0 Å². The largest absolute Gasteiger partial charge is 0.469 e. The molecular formula is C31H61O8P. The van der Waals surface area contributed by atoms with E-state index < -0.39 is 206 Å².